The smallest absolute Gasteiger partial charge is 0.151 e. The number of aliphatic hydroxyl groups is 1. The zero-order valence-electron chi connectivity index (χ0n) is 10.9. The molecule has 0 fully saturated rings. The van der Waals surface area contributed by atoms with Crippen LogP contribution in [0, 0.1) is 11.6 Å². The van der Waals surface area contributed by atoms with Crippen LogP contribution in [0.5, 0.6) is 0 Å². The van der Waals surface area contributed by atoms with Gasteiger partial charge >= 0.3 is 0 Å². The first-order valence-corrected chi connectivity index (χ1v) is 6.24. The topological polar surface area (TPSA) is 50.9 Å². The Morgan fingerprint density at radius 2 is 1.86 bits per heavy atom. The summed E-state index contributed by atoms with van der Waals surface area (Å²) in [6.45, 7) is -0.236. The molecule has 2 heterocycles. The number of hydrogen-bond acceptors (Lipinski definition) is 3. The predicted molar refractivity (Wildman–Crippen MR) is 72.6 cm³/mol. The van der Waals surface area contributed by atoms with Crippen molar-refractivity contribution in [2.75, 3.05) is 0 Å². The summed E-state index contributed by atoms with van der Waals surface area (Å²) < 4.78 is 28.1. The van der Waals surface area contributed by atoms with Gasteiger partial charge in [-0.05, 0) is 24.3 Å². The first-order valence-electron chi connectivity index (χ1n) is 6.24. The molecule has 0 aliphatic rings. The maximum Gasteiger partial charge on any atom is 0.151 e. The Labute approximate surface area is 119 Å². The van der Waals surface area contributed by atoms with Crippen molar-refractivity contribution in [3.05, 3.63) is 66.1 Å². The van der Waals surface area contributed by atoms with Crippen molar-refractivity contribution >= 4 is 0 Å². The SMILES string of the molecule is OCc1cn(-c2ccc(F)cc2F)nc1-c1ccncc1. The van der Waals surface area contributed by atoms with Crippen LogP contribution in [-0.4, -0.2) is 19.9 Å². The number of benzene rings is 1. The van der Waals surface area contributed by atoms with Crippen molar-refractivity contribution < 1.29 is 13.9 Å². The standard InChI is InChI=1S/C15H11F2N3O/c16-12-1-2-14(13(17)7-12)20-8-11(9-21)15(19-20)10-3-5-18-6-4-10/h1-8,21H,9H2. The zero-order chi connectivity index (χ0) is 14.8. The van der Waals surface area contributed by atoms with Crippen LogP contribution < -0.4 is 0 Å². The molecule has 21 heavy (non-hydrogen) atoms. The molecule has 3 rings (SSSR count). The largest absolute Gasteiger partial charge is 0.392 e. The lowest BCUT2D eigenvalue weighted by molar-refractivity contribution is 0.282. The Bertz CT molecular complexity index is 772. The van der Waals surface area contributed by atoms with E-state index in [1.54, 1.807) is 24.5 Å². The highest BCUT2D eigenvalue weighted by molar-refractivity contribution is 5.62. The molecule has 3 aromatic rings. The molecule has 0 atom stereocenters. The van der Waals surface area contributed by atoms with Crippen LogP contribution in [0.1, 0.15) is 5.56 Å². The maximum atomic E-state index is 13.8. The lowest BCUT2D eigenvalue weighted by Gasteiger charge is -2.02. The molecular formula is C15H11F2N3O. The van der Waals surface area contributed by atoms with Gasteiger partial charge in [-0.15, -0.1) is 0 Å². The third-order valence-electron chi connectivity index (χ3n) is 3.07. The molecule has 0 aliphatic heterocycles. The van der Waals surface area contributed by atoms with Crippen LogP contribution in [0.15, 0.2) is 48.9 Å². The summed E-state index contributed by atoms with van der Waals surface area (Å²) in [6, 6.07) is 6.74. The molecular weight excluding hydrogens is 276 g/mol. The highest BCUT2D eigenvalue weighted by Crippen LogP contribution is 2.24. The number of halogens is 2. The fraction of sp³-hybridized carbons (Fsp3) is 0.0667. The van der Waals surface area contributed by atoms with E-state index in [1.807, 2.05) is 0 Å². The number of rotatable bonds is 3. The van der Waals surface area contributed by atoms with E-state index in [-0.39, 0.29) is 12.3 Å². The van der Waals surface area contributed by atoms with Crippen molar-refractivity contribution in [2.45, 2.75) is 6.61 Å². The summed E-state index contributed by atoms with van der Waals surface area (Å²) in [5.74, 6) is -1.37. The van der Waals surface area contributed by atoms with Crippen molar-refractivity contribution in [2.24, 2.45) is 0 Å². The third kappa shape index (κ3) is 2.53. The van der Waals surface area contributed by atoms with Crippen molar-refractivity contribution in [1.29, 1.82) is 0 Å². The Morgan fingerprint density at radius 3 is 2.52 bits per heavy atom. The summed E-state index contributed by atoms with van der Waals surface area (Å²) >= 11 is 0. The van der Waals surface area contributed by atoms with E-state index >= 15 is 0 Å². The Balaban J connectivity index is 2.12. The van der Waals surface area contributed by atoms with Crippen molar-refractivity contribution in [3.63, 3.8) is 0 Å². The van der Waals surface area contributed by atoms with E-state index in [2.05, 4.69) is 10.1 Å². The Morgan fingerprint density at radius 1 is 1.10 bits per heavy atom. The second kappa shape index (κ2) is 5.41. The minimum absolute atomic E-state index is 0.117. The lowest BCUT2D eigenvalue weighted by Crippen LogP contribution is -1.99. The van der Waals surface area contributed by atoms with Crippen LogP contribution >= 0.6 is 0 Å². The van der Waals surface area contributed by atoms with E-state index in [0.717, 1.165) is 17.7 Å². The van der Waals surface area contributed by atoms with Crippen LogP contribution in [0.4, 0.5) is 8.78 Å². The van der Waals surface area contributed by atoms with Crippen LogP contribution in [-0.2, 0) is 6.61 Å². The van der Waals surface area contributed by atoms with E-state index in [4.69, 9.17) is 0 Å². The van der Waals surface area contributed by atoms with E-state index < -0.39 is 11.6 Å². The van der Waals surface area contributed by atoms with Crippen molar-refractivity contribution in [1.82, 2.24) is 14.8 Å². The minimum Gasteiger partial charge on any atom is -0.392 e. The second-order valence-corrected chi connectivity index (χ2v) is 4.44. The monoisotopic (exact) mass is 287 g/mol. The summed E-state index contributed by atoms with van der Waals surface area (Å²) in [5, 5.41) is 13.7. The molecule has 106 valence electrons. The molecule has 0 spiro atoms. The fourth-order valence-electron chi connectivity index (χ4n) is 2.07. The normalized spacial score (nSPS) is 10.8. The Hall–Kier alpha value is -2.60. The van der Waals surface area contributed by atoms with Gasteiger partial charge in [0.1, 0.15) is 11.5 Å². The van der Waals surface area contributed by atoms with Gasteiger partial charge in [0, 0.05) is 35.8 Å². The molecule has 2 aromatic heterocycles. The summed E-state index contributed by atoms with van der Waals surface area (Å²) in [6.07, 6.45) is 4.73. The second-order valence-electron chi connectivity index (χ2n) is 4.44. The number of aromatic nitrogens is 3. The van der Waals surface area contributed by atoms with Gasteiger partial charge in [0.2, 0.25) is 0 Å². The van der Waals surface area contributed by atoms with Gasteiger partial charge < -0.3 is 5.11 Å². The molecule has 1 aromatic carbocycles. The van der Waals surface area contributed by atoms with Crippen molar-refractivity contribution in [3.8, 4) is 16.9 Å². The molecule has 4 nitrogen and oxygen atoms in total. The molecule has 0 amide bonds. The molecule has 0 saturated carbocycles. The fourth-order valence-corrected chi connectivity index (χ4v) is 2.07. The van der Waals surface area contributed by atoms with Gasteiger partial charge in [0.25, 0.3) is 0 Å². The summed E-state index contributed by atoms with van der Waals surface area (Å²) in [5.41, 5.74) is 1.95. The highest BCUT2D eigenvalue weighted by atomic mass is 19.1. The van der Waals surface area contributed by atoms with Gasteiger partial charge in [-0.1, -0.05) is 0 Å². The third-order valence-corrected chi connectivity index (χ3v) is 3.07. The van der Waals surface area contributed by atoms with Gasteiger partial charge in [-0.25, -0.2) is 13.5 Å². The molecule has 0 bridgehead atoms. The average molecular weight is 287 g/mol. The highest BCUT2D eigenvalue weighted by Gasteiger charge is 2.14. The summed E-state index contributed by atoms with van der Waals surface area (Å²) in [4.78, 5) is 3.92. The Kier molecular flexibility index (Phi) is 3.45. The van der Waals surface area contributed by atoms with E-state index in [0.29, 0.717) is 11.3 Å². The van der Waals surface area contributed by atoms with Gasteiger partial charge in [-0.2, -0.15) is 5.10 Å². The first-order chi connectivity index (χ1) is 10.2. The predicted octanol–water partition coefficient (Wildman–Crippen LogP) is 2.70. The van der Waals surface area contributed by atoms with E-state index in [9.17, 15) is 13.9 Å². The number of aliphatic hydroxyl groups excluding tert-OH is 1. The number of hydrogen-bond donors (Lipinski definition) is 1. The van der Waals surface area contributed by atoms with Crippen LogP contribution in [0.25, 0.3) is 16.9 Å². The summed E-state index contributed by atoms with van der Waals surface area (Å²) in [7, 11) is 0. The first kappa shape index (κ1) is 13.4. The molecule has 0 saturated heterocycles. The van der Waals surface area contributed by atoms with E-state index in [1.165, 1.54) is 16.9 Å². The van der Waals surface area contributed by atoms with Crippen LogP contribution in [0.3, 0.4) is 0 Å². The molecule has 0 radical (unpaired) electrons. The van der Waals surface area contributed by atoms with Crippen LogP contribution in [0.2, 0.25) is 0 Å². The number of nitrogens with zero attached hydrogens (tertiary/aromatic N) is 3. The number of pyridine rings is 1. The molecule has 0 aliphatic carbocycles. The molecule has 1 N–H and O–H groups in total. The quantitative estimate of drug-likeness (QED) is 0.805. The van der Waals surface area contributed by atoms with Gasteiger partial charge in [0.15, 0.2) is 5.82 Å². The maximum absolute atomic E-state index is 13.8. The molecule has 6 heteroatoms. The average Bonchev–Trinajstić information content (AvgIpc) is 2.92. The lowest BCUT2D eigenvalue weighted by atomic mass is 10.1. The minimum atomic E-state index is -0.719. The van der Waals surface area contributed by atoms with Gasteiger partial charge in [-0.3, -0.25) is 4.98 Å². The zero-order valence-corrected chi connectivity index (χ0v) is 10.9. The van der Waals surface area contributed by atoms with Gasteiger partial charge in [0.05, 0.1) is 12.3 Å². The molecule has 0 unspecified atom stereocenters.